The number of rotatable bonds is 0. The van der Waals surface area contributed by atoms with Gasteiger partial charge in [-0.2, -0.15) is 0 Å². The van der Waals surface area contributed by atoms with Crippen LogP contribution in [0.25, 0.3) is 0 Å². The Labute approximate surface area is 66.7 Å². The molecule has 0 bridgehead atoms. The van der Waals surface area contributed by atoms with Gasteiger partial charge in [0.15, 0.2) is 0 Å². The van der Waals surface area contributed by atoms with E-state index in [1.54, 1.807) is 0 Å². The first-order valence-corrected chi connectivity index (χ1v) is 4.35. The number of amides is 1. The van der Waals surface area contributed by atoms with Crippen molar-refractivity contribution < 1.29 is 4.79 Å². The first-order valence-electron chi connectivity index (χ1n) is 4.35. The fourth-order valence-corrected chi connectivity index (χ4v) is 1.80. The number of hydrogen-bond acceptors (Lipinski definition) is 1. The van der Waals surface area contributed by atoms with Gasteiger partial charge in [0.25, 0.3) is 0 Å². The molecule has 2 nitrogen and oxygen atoms in total. The molecule has 0 saturated carbocycles. The second-order valence-electron chi connectivity index (χ2n) is 3.35. The van der Waals surface area contributed by atoms with Gasteiger partial charge in [-0.15, -0.1) is 0 Å². The second kappa shape index (κ2) is 2.68. The number of carbonyl (C=O) groups excluding carboxylic acids is 1. The monoisotopic (exact) mass is 151 g/mol. The molecule has 0 aromatic carbocycles. The van der Waals surface area contributed by atoms with E-state index in [1.165, 1.54) is 19.3 Å². The van der Waals surface area contributed by atoms with E-state index in [4.69, 9.17) is 0 Å². The number of carbonyl (C=O) groups is 1. The molecule has 2 rings (SSSR count). The highest BCUT2D eigenvalue weighted by Crippen LogP contribution is 2.24. The Morgan fingerprint density at radius 2 is 2.36 bits per heavy atom. The summed E-state index contributed by atoms with van der Waals surface area (Å²) in [5.74, 6) is 0.549. The summed E-state index contributed by atoms with van der Waals surface area (Å²) >= 11 is 0. The van der Waals surface area contributed by atoms with Crippen molar-refractivity contribution in [2.24, 2.45) is 5.92 Å². The van der Waals surface area contributed by atoms with Gasteiger partial charge in [-0.1, -0.05) is 18.6 Å². The van der Waals surface area contributed by atoms with Crippen LogP contribution in [0.5, 0.6) is 0 Å². The molecule has 0 aromatic heterocycles. The summed E-state index contributed by atoms with van der Waals surface area (Å²) in [4.78, 5) is 11.0. The van der Waals surface area contributed by atoms with Crippen molar-refractivity contribution >= 4 is 5.91 Å². The van der Waals surface area contributed by atoms with Crippen molar-refractivity contribution in [1.29, 1.82) is 0 Å². The van der Waals surface area contributed by atoms with Crippen LogP contribution in [0.4, 0.5) is 0 Å². The molecule has 1 fully saturated rings. The summed E-state index contributed by atoms with van der Waals surface area (Å²) in [7, 11) is 0. The Morgan fingerprint density at radius 1 is 1.45 bits per heavy atom. The normalized spacial score (nSPS) is 36.2. The predicted molar refractivity (Wildman–Crippen MR) is 43.0 cm³/mol. The van der Waals surface area contributed by atoms with Crippen LogP contribution in [0.15, 0.2) is 12.2 Å². The largest absolute Gasteiger partial charge is 0.349 e. The van der Waals surface area contributed by atoms with Crippen molar-refractivity contribution in [3.8, 4) is 0 Å². The van der Waals surface area contributed by atoms with Gasteiger partial charge >= 0.3 is 0 Å². The molecule has 1 saturated heterocycles. The van der Waals surface area contributed by atoms with E-state index in [0.29, 0.717) is 12.0 Å². The lowest BCUT2D eigenvalue weighted by molar-refractivity contribution is -0.133. The zero-order valence-electron chi connectivity index (χ0n) is 6.55. The van der Waals surface area contributed by atoms with Crippen LogP contribution in [-0.2, 0) is 4.79 Å². The first-order chi connectivity index (χ1) is 5.38. The second-order valence-corrected chi connectivity index (χ2v) is 3.35. The molecule has 1 aliphatic heterocycles. The highest BCUT2D eigenvalue weighted by Gasteiger charge is 2.36. The minimum atomic E-state index is 0.251. The fraction of sp³-hybridized carbons (Fsp3) is 0.667. The quantitative estimate of drug-likeness (QED) is 0.409. The molecule has 0 spiro atoms. The third kappa shape index (κ3) is 1.17. The number of nitrogens with one attached hydrogen (secondary N) is 1. The molecule has 11 heavy (non-hydrogen) atoms. The van der Waals surface area contributed by atoms with Crippen LogP contribution in [0, 0.1) is 5.92 Å². The van der Waals surface area contributed by atoms with E-state index in [-0.39, 0.29) is 5.91 Å². The lowest BCUT2D eigenvalue weighted by Crippen LogP contribution is -2.57. The summed E-state index contributed by atoms with van der Waals surface area (Å²) in [6.45, 7) is 0. The topological polar surface area (TPSA) is 29.1 Å². The highest BCUT2D eigenvalue weighted by molar-refractivity contribution is 5.86. The van der Waals surface area contributed by atoms with Crippen molar-refractivity contribution in [3.05, 3.63) is 12.2 Å². The van der Waals surface area contributed by atoms with Crippen LogP contribution in [0.3, 0.4) is 0 Å². The summed E-state index contributed by atoms with van der Waals surface area (Å²) in [5.41, 5.74) is 0. The van der Waals surface area contributed by atoms with Gasteiger partial charge in [0.2, 0.25) is 5.91 Å². The van der Waals surface area contributed by atoms with Crippen LogP contribution in [-0.4, -0.2) is 11.9 Å². The molecule has 1 heterocycles. The molecule has 2 heteroatoms. The van der Waals surface area contributed by atoms with Gasteiger partial charge in [-0.25, -0.2) is 0 Å². The van der Waals surface area contributed by atoms with Crippen LogP contribution >= 0.6 is 0 Å². The predicted octanol–water partition coefficient (Wildman–Crippen LogP) is 1.23. The molecule has 1 amide bonds. The van der Waals surface area contributed by atoms with E-state index >= 15 is 0 Å². The molecule has 0 radical (unpaired) electrons. The number of β-lactam (4-membered cyclic amide) rings is 1. The maximum Gasteiger partial charge on any atom is 0.226 e. The van der Waals surface area contributed by atoms with Gasteiger partial charge in [0, 0.05) is 0 Å². The Bertz CT molecular complexity index is 198. The van der Waals surface area contributed by atoms with Gasteiger partial charge in [-0.3, -0.25) is 4.79 Å². The van der Waals surface area contributed by atoms with Crippen molar-refractivity contribution in [1.82, 2.24) is 5.32 Å². The molecular formula is C9H13NO. The maximum atomic E-state index is 11.0. The third-order valence-electron chi connectivity index (χ3n) is 2.56. The molecule has 60 valence electrons. The molecule has 2 atom stereocenters. The summed E-state index contributed by atoms with van der Waals surface area (Å²) < 4.78 is 0. The molecular weight excluding hydrogens is 138 g/mol. The van der Waals surface area contributed by atoms with Gasteiger partial charge in [-0.05, 0) is 19.3 Å². The van der Waals surface area contributed by atoms with Gasteiger partial charge in [0.05, 0.1) is 12.0 Å². The molecule has 1 N–H and O–H groups in total. The zero-order chi connectivity index (χ0) is 7.68. The summed E-state index contributed by atoms with van der Waals surface area (Å²) in [5, 5.41) is 2.89. The number of allylic oxidation sites excluding steroid dienone is 1. The number of hydrogen-bond donors (Lipinski definition) is 1. The lowest BCUT2D eigenvalue weighted by Gasteiger charge is -2.35. The minimum absolute atomic E-state index is 0.251. The van der Waals surface area contributed by atoms with Crippen LogP contribution in [0.1, 0.15) is 25.7 Å². The Balaban J connectivity index is 2.04. The SMILES string of the molecule is O=C1N[C@@H]2C=CCCCC[C@H]12. The zero-order valence-corrected chi connectivity index (χ0v) is 6.55. The van der Waals surface area contributed by atoms with E-state index in [1.807, 2.05) is 0 Å². The third-order valence-corrected chi connectivity index (χ3v) is 2.56. The van der Waals surface area contributed by atoms with Crippen LogP contribution < -0.4 is 5.32 Å². The standard InChI is InChI=1S/C9H13NO/c11-9-7-5-3-1-2-4-6-8(7)10-9/h4,6-8H,1-3,5H2,(H,10,11)/t7-,8+/m0/s1. The number of fused-ring (bicyclic) bond motifs is 1. The van der Waals surface area contributed by atoms with E-state index in [0.717, 1.165) is 6.42 Å². The average Bonchev–Trinajstić information content (AvgIpc) is 1.96. The summed E-state index contributed by atoms with van der Waals surface area (Å²) in [6, 6.07) is 0.364. The Hall–Kier alpha value is -0.790. The molecule has 0 unspecified atom stereocenters. The minimum Gasteiger partial charge on any atom is -0.349 e. The first kappa shape index (κ1) is 6.89. The molecule has 2 aliphatic rings. The molecule has 1 aliphatic carbocycles. The fourth-order valence-electron chi connectivity index (χ4n) is 1.80. The van der Waals surface area contributed by atoms with Gasteiger partial charge in [0.1, 0.15) is 0 Å². The summed E-state index contributed by atoms with van der Waals surface area (Å²) in [6.07, 6.45) is 9.05. The van der Waals surface area contributed by atoms with Gasteiger partial charge < -0.3 is 5.32 Å². The Morgan fingerprint density at radius 3 is 3.18 bits per heavy atom. The van der Waals surface area contributed by atoms with Crippen molar-refractivity contribution in [2.45, 2.75) is 31.7 Å². The highest BCUT2D eigenvalue weighted by atomic mass is 16.2. The molecule has 0 aromatic rings. The lowest BCUT2D eigenvalue weighted by atomic mass is 9.84. The van der Waals surface area contributed by atoms with E-state index < -0.39 is 0 Å². The van der Waals surface area contributed by atoms with Crippen LogP contribution in [0.2, 0.25) is 0 Å². The smallest absolute Gasteiger partial charge is 0.226 e. The Kier molecular flexibility index (Phi) is 1.68. The van der Waals surface area contributed by atoms with E-state index in [9.17, 15) is 4.79 Å². The average molecular weight is 151 g/mol. The van der Waals surface area contributed by atoms with Crippen molar-refractivity contribution in [3.63, 3.8) is 0 Å². The van der Waals surface area contributed by atoms with Crippen molar-refractivity contribution in [2.75, 3.05) is 0 Å². The van der Waals surface area contributed by atoms with E-state index in [2.05, 4.69) is 17.5 Å². The maximum absolute atomic E-state index is 11.0.